The number of carboxylic acid groups (broad SMARTS) is 1. The molecule has 19 heavy (non-hydrogen) atoms. The van der Waals surface area contributed by atoms with Gasteiger partial charge in [0.1, 0.15) is 5.82 Å². The molecule has 1 aliphatic rings. The highest BCUT2D eigenvalue weighted by atomic mass is 19.1. The number of amides is 2. The van der Waals surface area contributed by atoms with Crippen molar-refractivity contribution < 1.29 is 19.1 Å². The molecule has 0 aromatic heterocycles. The first-order valence-corrected chi connectivity index (χ1v) is 6.08. The van der Waals surface area contributed by atoms with Crippen LogP contribution in [0.5, 0.6) is 0 Å². The van der Waals surface area contributed by atoms with E-state index in [4.69, 9.17) is 5.11 Å². The second-order valence-electron chi connectivity index (χ2n) is 4.46. The maximum Gasteiger partial charge on any atom is 0.317 e. The molecule has 0 bridgehead atoms. The summed E-state index contributed by atoms with van der Waals surface area (Å²) in [6.45, 7) is 1.00. The number of rotatable bonds is 3. The third-order valence-electron chi connectivity index (χ3n) is 3.08. The van der Waals surface area contributed by atoms with Crippen LogP contribution in [0.1, 0.15) is 17.5 Å². The van der Waals surface area contributed by atoms with E-state index in [0.717, 1.165) is 11.1 Å². The number of nitrogens with one attached hydrogen (secondary N) is 1. The maximum atomic E-state index is 13.1. The number of nitrogens with zero attached hydrogens (tertiary/aromatic N) is 1. The van der Waals surface area contributed by atoms with E-state index in [2.05, 4.69) is 5.32 Å². The number of fused-ring (bicyclic) bond motifs is 1. The van der Waals surface area contributed by atoms with Gasteiger partial charge in [-0.3, -0.25) is 4.79 Å². The van der Waals surface area contributed by atoms with Crippen molar-refractivity contribution in [2.75, 3.05) is 13.1 Å². The lowest BCUT2D eigenvalue weighted by atomic mass is 10.00. The number of carbonyl (C=O) groups excluding carboxylic acids is 1. The molecule has 0 saturated heterocycles. The number of urea groups is 1. The summed E-state index contributed by atoms with van der Waals surface area (Å²) in [6, 6.07) is 4.29. The molecule has 5 nitrogen and oxygen atoms in total. The van der Waals surface area contributed by atoms with Crippen LogP contribution in [-0.4, -0.2) is 35.1 Å². The first kappa shape index (κ1) is 13.3. The van der Waals surface area contributed by atoms with Crippen molar-refractivity contribution in [2.24, 2.45) is 0 Å². The van der Waals surface area contributed by atoms with Gasteiger partial charge in [-0.15, -0.1) is 0 Å². The Morgan fingerprint density at radius 1 is 1.37 bits per heavy atom. The zero-order chi connectivity index (χ0) is 13.8. The molecule has 1 aromatic rings. The fourth-order valence-electron chi connectivity index (χ4n) is 2.09. The van der Waals surface area contributed by atoms with Gasteiger partial charge in [-0.05, 0) is 29.7 Å². The number of carbonyl (C=O) groups is 2. The Balaban J connectivity index is 1.93. The molecule has 2 amide bonds. The van der Waals surface area contributed by atoms with E-state index in [1.165, 1.54) is 12.1 Å². The van der Waals surface area contributed by atoms with Gasteiger partial charge >= 0.3 is 12.0 Å². The van der Waals surface area contributed by atoms with Gasteiger partial charge < -0.3 is 15.3 Å². The molecule has 0 spiro atoms. The van der Waals surface area contributed by atoms with E-state index in [9.17, 15) is 14.0 Å². The Labute approximate surface area is 110 Å². The molecule has 0 fully saturated rings. The predicted octanol–water partition coefficient (Wildman–Crippen LogP) is 1.37. The normalized spacial score (nSPS) is 13.8. The van der Waals surface area contributed by atoms with E-state index in [1.807, 2.05) is 0 Å². The molecule has 0 saturated carbocycles. The summed E-state index contributed by atoms with van der Waals surface area (Å²) in [5, 5.41) is 11.0. The summed E-state index contributed by atoms with van der Waals surface area (Å²) in [5.74, 6) is -1.27. The molecular weight excluding hydrogens is 251 g/mol. The number of carboxylic acids is 1. The van der Waals surface area contributed by atoms with Crippen LogP contribution in [0.2, 0.25) is 0 Å². The first-order chi connectivity index (χ1) is 9.06. The Morgan fingerprint density at radius 3 is 2.89 bits per heavy atom. The lowest BCUT2D eigenvalue weighted by Gasteiger charge is -2.28. The molecule has 2 N–H and O–H groups in total. The molecule has 6 heteroatoms. The smallest absolute Gasteiger partial charge is 0.317 e. The fraction of sp³-hybridized carbons (Fsp3) is 0.385. The molecule has 0 radical (unpaired) electrons. The van der Waals surface area contributed by atoms with Crippen LogP contribution in [0.25, 0.3) is 0 Å². The fourth-order valence-corrected chi connectivity index (χ4v) is 2.09. The Bertz CT molecular complexity index is 505. The quantitative estimate of drug-likeness (QED) is 0.868. The minimum Gasteiger partial charge on any atom is -0.481 e. The second kappa shape index (κ2) is 5.69. The van der Waals surface area contributed by atoms with Crippen LogP contribution in [0, 0.1) is 5.82 Å². The van der Waals surface area contributed by atoms with Crippen molar-refractivity contribution in [3.8, 4) is 0 Å². The zero-order valence-corrected chi connectivity index (χ0v) is 10.4. The average Bonchev–Trinajstić information content (AvgIpc) is 2.37. The lowest BCUT2D eigenvalue weighted by Crippen LogP contribution is -2.43. The lowest BCUT2D eigenvalue weighted by molar-refractivity contribution is -0.136. The number of hydrogen-bond donors (Lipinski definition) is 2. The van der Waals surface area contributed by atoms with Crippen molar-refractivity contribution in [1.29, 1.82) is 0 Å². The molecule has 0 aliphatic carbocycles. The molecule has 0 atom stereocenters. The van der Waals surface area contributed by atoms with Crippen LogP contribution in [0.4, 0.5) is 9.18 Å². The monoisotopic (exact) mass is 266 g/mol. The first-order valence-electron chi connectivity index (χ1n) is 6.08. The topological polar surface area (TPSA) is 69.6 Å². The SMILES string of the molecule is O=C(O)CCNC(=O)N1CCc2ccc(F)cc2C1. The molecule has 1 aromatic carbocycles. The van der Waals surface area contributed by atoms with E-state index in [-0.39, 0.29) is 24.8 Å². The van der Waals surface area contributed by atoms with Gasteiger partial charge in [0.05, 0.1) is 6.42 Å². The second-order valence-corrected chi connectivity index (χ2v) is 4.46. The predicted molar refractivity (Wildman–Crippen MR) is 66.2 cm³/mol. The number of hydrogen-bond acceptors (Lipinski definition) is 2. The van der Waals surface area contributed by atoms with Crippen LogP contribution in [0.3, 0.4) is 0 Å². The van der Waals surface area contributed by atoms with Gasteiger partial charge in [0.25, 0.3) is 0 Å². The van der Waals surface area contributed by atoms with Crippen molar-refractivity contribution in [3.63, 3.8) is 0 Å². The Morgan fingerprint density at radius 2 is 2.16 bits per heavy atom. The minimum absolute atomic E-state index is 0.0979. The van der Waals surface area contributed by atoms with Crippen LogP contribution in [0.15, 0.2) is 18.2 Å². The van der Waals surface area contributed by atoms with E-state index in [1.54, 1.807) is 11.0 Å². The third-order valence-corrected chi connectivity index (χ3v) is 3.08. The highest BCUT2D eigenvalue weighted by Gasteiger charge is 2.20. The highest BCUT2D eigenvalue weighted by Crippen LogP contribution is 2.19. The van der Waals surface area contributed by atoms with E-state index >= 15 is 0 Å². The average molecular weight is 266 g/mol. The van der Waals surface area contributed by atoms with Crippen molar-refractivity contribution in [3.05, 3.63) is 35.1 Å². The van der Waals surface area contributed by atoms with Crippen LogP contribution < -0.4 is 5.32 Å². The largest absolute Gasteiger partial charge is 0.481 e. The Kier molecular flexibility index (Phi) is 3.99. The summed E-state index contributed by atoms with van der Waals surface area (Å²) in [7, 11) is 0. The zero-order valence-electron chi connectivity index (χ0n) is 10.4. The summed E-state index contributed by atoms with van der Waals surface area (Å²) < 4.78 is 13.1. The van der Waals surface area contributed by atoms with Gasteiger partial charge in [0, 0.05) is 19.6 Å². The molecule has 1 aliphatic heterocycles. The third kappa shape index (κ3) is 3.43. The van der Waals surface area contributed by atoms with E-state index < -0.39 is 5.97 Å². The summed E-state index contributed by atoms with van der Waals surface area (Å²) in [4.78, 5) is 23.7. The standard InChI is InChI=1S/C13H15FN2O3/c14-11-2-1-9-4-6-16(8-10(9)7-11)13(19)15-5-3-12(17)18/h1-2,7H,3-6,8H2,(H,15,19)(H,17,18). The van der Waals surface area contributed by atoms with Gasteiger partial charge in [0.2, 0.25) is 0 Å². The van der Waals surface area contributed by atoms with Gasteiger partial charge in [-0.25, -0.2) is 9.18 Å². The molecular formula is C13H15FN2O3. The van der Waals surface area contributed by atoms with Crippen molar-refractivity contribution in [1.82, 2.24) is 10.2 Å². The minimum atomic E-state index is -0.952. The number of halogens is 1. The van der Waals surface area contributed by atoms with Crippen LogP contribution >= 0.6 is 0 Å². The Hall–Kier alpha value is -2.11. The van der Waals surface area contributed by atoms with E-state index in [0.29, 0.717) is 19.5 Å². The van der Waals surface area contributed by atoms with Crippen molar-refractivity contribution in [2.45, 2.75) is 19.4 Å². The number of aliphatic carboxylic acids is 1. The summed E-state index contributed by atoms with van der Waals surface area (Å²) in [6.07, 6.45) is 0.576. The summed E-state index contributed by atoms with van der Waals surface area (Å²) >= 11 is 0. The van der Waals surface area contributed by atoms with Crippen molar-refractivity contribution >= 4 is 12.0 Å². The maximum absolute atomic E-state index is 13.1. The molecule has 0 unspecified atom stereocenters. The van der Waals surface area contributed by atoms with Gasteiger partial charge in [-0.2, -0.15) is 0 Å². The number of benzene rings is 1. The highest BCUT2D eigenvalue weighted by molar-refractivity contribution is 5.75. The van der Waals surface area contributed by atoms with Crippen LogP contribution in [-0.2, 0) is 17.8 Å². The molecule has 102 valence electrons. The van der Waals surface area contributed by atoms with Gasteiger partial charge in [0.15, 0.2) is 0 Å². The summed E-state index contributed by atoms with van der Waals surface area (Å²) in [5.41, 5.74) is 1.86. The molecule has 1 heterocycles. The molecule has 2 rings (SSSR count). The van der Waals surface area contributed by atoms with Gasteiger partial charge in [-0.1, -0.05) is 6.07 Å².